The fourth-order valence-corrected chi connectivity index (χ4v) is 1.54. The van der Waals surface area contributed by atoms with Gasteiger partial charge in [-0.25, -0.2) is 4.98 Å². The van der Waals surface area contributed by atoms with Gasteiger partial charge >= 0.3 is 0 Å². The number of primary amides is 1. The van der Waals surface area contributed by atoms with Crippen molar-refractivity contribution in [2.24, 2.45) is 5.73 Å². The Hall–Kier alpha value is -2.47. The first kappa shape index (κ1) is 13.0. The number of rotatable bonds is 3. The highest BCUT2D eigenvalue weighted by Gasteiger charge is 2.09. The quantitative estimate of drug-likeness (QED) is 0.887. The number of anilines is 1. The molecule has 96 valence electrons. The molecule has 0 aliphatic rings. The SMILES string of the molecule is NC(=O)c1cccc(NC(=O)c2cncc(Cl)n2)c1. The lowest BCUT2D eigenvalue weighted by Crippen LogP contribution is -2.15. The molecule has 19 heavy (non-hydrogen) atoms. The molecule has 3 N–H and O–H groups in total. The Kier molecular flexibility index (Phi) is 3.72. The van der Waals surface area contributed by atoms with Crippen molar-refractivity contribution >= 4 is 29.1 Å². The summed E-state index contributed by atoms with van der Waals surface area (Å²) in [6.07, 6.45) is 2.62. The standard InChI is InChI=1S/C12H9ClN4O2/c13-10-6-15-5-9(17-10)12(19)16-8-3-1-2-7(4-8)11(14)18/h1-6H,(H2,14,18)(H,16,19). The summed E-state index contributed by atoms with van der Waals surface area (Å²) in [5.74, 6) is -1.05. The van der Waals surface area contributed by atoms with Gasteiger partial charge in [0.05, 0.1) is 12.4 Å². The van der Waals surface area contributed by atoms with Crippen LogP contribution < -0.4 is 11.1 Å². The number of carbonyl (C=O) groups is 2. The second-order valence-corrected chi connectivity index (χ2v) is 4.01. The molecule has 1 aromatic heterocycles. The van der Waals surface area contributed by atoms with Gasteiger partial charge in [0.15, 0.2) is 0 Å². The predicted octanol–water partition coefficient (Wildman–Crippen LogP) is 1.48. The molecule has 1 aromatic carbocycles. The van der Waals surface area contributed by atoms with Gasteiger partial charge in [0.25, 0.3) is 5.91 Å². The molecule has 0 aliphatic carbocycles. The maximum atomic E-state index is 11.9. The highest BCUT2D eigenvalue weighted by Crippen LogP contribution is 2.12. The van der Waals surface area contributed by atoms with Gasteiger partial charge in [-0.2, -0.15) is 0 Å². The summed E-state index contributed by atoms with van der Waals surface area (Å²) in [4.78, 5) is 30.5. The van der Waals surface area contributed by atoms with Gasteiger partial charge in [-0.05, 0) is 18.2 Å². The summed E-state index contributed by atoms with van der Waals surface area (Å²) in [5, 5.41) is 2.70. The Morgan fingerprint density at radius 2 is 2.05 bits per heavy atom. The third-order valence-electron chi connectivity index (χ3n) is 2.24. The van der Waals surface area contributed by atoms with Gasteiger partial charge < -0.3 is 11.1 Å². The van der Waals surface area contributed by atoms with Crippen LogP contribution in [0, 0.1) is 0 Å². The molecule has 6 nitrogen and oxygen atoms in total. The molecule has 2 aromatic rings. The first-order valence-electron chi connectivity index (χ1n) is 5.25. The topological polar surface area (TPSA) is 98.0 Å². The molecule has 0 atom stereocenters. The summed E-state index contributed by atoms with van der Waals surface area (Å²) < 4.78 is 0. The van der Waals surface area contributed by atoms with Crippen molar-refractivity contribution < 1.29 is 9.59 Å². The Morgan fingerprint density at radius 3 is 2.74 bits per heavy atom. The highest BCUT2D eigenvalue weighted by atomic mass is 35.5. The summed E-state index contributed by atoms with van der Waals surface area (Å²) >= 11 is 5.64. The molecule has 0 spiro atoms. The van der Waals surface area contributed by atoms with Crippen molar-refractivity contribution in [1.29, 1.82) is 0 Å². The van der Waals surface area contributed by atoms with Crippen LogP contribution in [0.25, 0.3) is 0 Å². The normalized spacial score (nSPS) is 9.95. The van der Waals surface area contributed by atoms with E-state index < -0.39 is 11.8 Å². The number of hydrogen-bond donors (Lipinski definition) is 2. The van der Waals surface area contributed by atoms with Crippen LogP contribution >= 0.6 is 11.6 Å². The highest BCUT2D eigenvalue weighted by molar-refractivity contribution is 6.29. The van der Waals surface area contributed by atoms with Gasteiger partial charge in [0.2, 0.25) is 5.91 Å². The number of carbonyl (C=O) groups excluding carboxylic acids is 2. The van der Waals surface area contributed by atoms with Crippen molar-refractivity contribution in [2.45, 2.75) is 0 Å². The molecule has 0 saturated heterocycles. The van der Waals surface area contributed by atoms with E-state index in [9.17, 15) is 9.59 Å². The van der Waals surface area contributed by atoms with E-state index in [-0.39, 0.29) is 10.8 Å². The smallest absolute Gasteiger partial charge is 0.275 e. The number of amides is 2. The molecule has 0 saturated carbocycles. The summed E-state index contributed by atoms with van der Waals surface area (Å²) in [6.45, 7) is 0. The predicted molar refractivity (Wildman–Crippen MR) is 70.0 cm³/mol. The third-order valence-corrected chi connectivity index (χ3v) is 2.42. The van der Waals surface area contributed by atoms with Crippen LogP contribution in [0.1, 0.15) is 20.8 Å². The largest absolute Gasteiger partial charge is 0.366 e. The molecule has 0 radical (unpaired) electrons. The second-order valence-electron chi connectivity index (χ2n) is 3.63. The van der Waals surface area contributed by atoms with E-state index in [0.29, 0.717) is 11.3 Å². The Morgan fingerprint density at radius 1 is 1.26 bits per heavy atom. The second kappa shape index (κ2) is 5.45. The molecular weight excluding hydrogens is 268 g/mol. The van der Waals surface area contributed by atoms with Crippen LogP contribution in [-0.4, -0.2) is 21.8 Å². The van der Waals surface area contributed by atoms with Crippen LogP contribution in [0.4, 0.5) is 5.69 Å². The van der Waals surface area contributed by atoms with Crippen LogP contribution in [0.15, 0.2) is 36.7 Å². The monoisotopic (exact) mass is 276 g/mol. The van der Waals surface area contributed by atoms with Crippen molar-refractivity contribution in [2.75, 3.05) is 5.32 Å². The van der Waals surface area contributed by atoms with E-state index >= 15 is 0 Å². The van der Waals surface area contributed by atoms with Crippen LogP contribution in [-0.2, 0) is 0 Å². The molecule has 1 heterocycles. The number of hydrogen-bond acceptors (Lipinski definition) is 4. The molecule has 2 amide bonds. The van der Waals surface area contributed by atoms with E-state index in [1.54, 1.807) is 18.2 Å². The molecule has 0 aliphatic heterocycles. The van der Waals surface area contributed by atoms with E-state index in [4.69, 9.17) is 17.3 Å². The number of nitrogens with zero attached hydrogens (tertiary/aromatic N) is 2. The van der Waals surface area contributed by atoms with Crippen LogP contribution in [0.3, 0.4) is 0 Å². The molecule has 0 bridgehead atoms. The zero-order valence-electron chi connectivity index (χ0n) is 9.63. The van der Waals surface area contributed by atoms with E-state index in [1.165, 1.54) is 18.5 Å². The van der Waals surface area contributed by atoms with Gasteiger partial charge in [-0.15, -0.1) is 0 Å². The lowest BCUT2D eigenvalue weighted by atomic mass is 10.2. The number of benzene rings is 1. The minimum Gasteiger partial charge on any atom is -0.366 e. The van der Waals surface area contributed by atoms with E-state index in [2.05, 4.69) is 15.3 Å². The number of aromatic nitrogens is 2. The molecule has 0 unspecified atom stereocenters. The first-order chi connectivity index (χ1) is 9.06. The van der Waals surface area contributed by atoms with Gasteiger partial charge in [0.1, 0.15) is 10.8 Å². The van der Waals surface area contributed by atoms with E-state index in [1.807, 2.05) is 0 Å². The fraction of sp³-hybridized carbons (Fsp3) is 0. The number of nitrogens with two attached hydrogens (primary N) is 1. The lowest BCUT2D eigenvalue weighted by Gasteiger charge is -2.05. The Labute approximate surface area is 113 Å². The van der Waals surface area contributed by atoms with E-state index in [0.717, 1.165) is 0 Å². The maximum absolute atomic E-state index is 11.9. The van der Waals surface area contributed by atoms with Crippen LogP contribution in [0.5, 0.6) is 0 Å². The first-order valence-corrected chi connectivity index (χ1v) is 5.63. The Balaban J connectivity index is 2.19. The summed E-state index contributed by atoms with van der Waals surface area (Å²) in [7, 11) is 0. The number of halogens is 1. The maximum Gasteiger partial charge on any atom is 0.275 e. The minimum absolute atomic E-state index is 0.0805. The minimum atomic E-state index is -0.571. The lowest BCUT2D eigenvalue weighted by molar-refractivity contribution is 0.0995. The molecule has 2 rings (SSSR count). The number of nitrogens with one attached hydrogen (secondary N) is 1. The fourth-order valence-electron chi connectivity index (χ4n) is 1.40. The van der Waals surface area contributed by atoms with Gasteiger partial charge in [0, 0.05) is 11.3 Å². The van der Waals surface area contributed by atoms with Crippen LogP contribution in [0.2, 0.25) is 5.15 Å². The average molecular weight is 277 g/mol. The summed E-state index contributed by atoms with van der Waals surface area (Å²) in [5.41, 5.74) is 5.97. The average Bonchev–Trinajstić information content (AvgIpc) is 2.39. The summed E-state index contributed by atoms with van der Waals surface area (Å²) in [6, 6.07) is 6.26. The van der Waals surface area contributed by atoms with Gasteiger partial charge in [-0.1, -0.05) is 17.7 Å². The van der Waals surface area contributed by atoms with Crippen molar-refractivity contribution in [3.8, 4) is 0 Å². The van der Waals surface area contributed by atoms with Crippen molar-refractivity contribution in [3.63, 3.8) is 0 Å². The van der Waals surface area contributed by atoms with Gasteiger partial charge in [-0.3, -0.25) is 14.6 Å². The zero-order valence-corrected chi connectivity index (χ0v) is 10.4. The molecule has 0 fully saturated rings. The Bertz CT molecular complexity index is 645. The van der Waals surface area contributed by atoms with Crippen molar-refractivity contribution in [1.82, 2.24) is 9.97 Å². The zero-order chi connectivity index (χ0) is 13.8. The molecule has 7 heteroatoms. The van der Waals surface area contributed by atoms with Crippen molar-refractivity contribution in [3.05, 3.63) is 53.1 Å². The molecular formula is C12H9ClN4O2. The third kappa shape index (κ3) is 3.26.